The van der Waals surface area contributed by atoms with Crippen molar-refractivity contribution < 1.29 is 14.0 Å². The molecule has 0 spiro atoms. The molecule has 1 unspecified atom stereocenters. The van der Waals surface area contributed by atoms with Crippen LogP contribution in [0.15, 0.2) is 30.5 Å². The molecule has 16 heavy (non-hydrogen) atoms. The molecule has 1 aromatic rings. The summed E-state index contributed by atoms with van der Waals surface area (Å²) < 4.78 is 13.1. The van der Waals surface area contributed by atoms with Gasteiger partial charge in [0.05, 0.1) is 12.8 Å². The van der Waals surface area contributed by atoms with E-state index in [9.17, 15) is 4.57 Å². The van der Waals surface area contributed by atoms with Gasteiger partial charge in [-0.3, -0.25) is 10.4 Å². The third-order valence-corrected chi connectivity index (χ3v) is 2.20. The molecule has 0 fully saturated rings. The van der Waals surface area contributed by atoms with Gasteiger partial charge in [-0.05, 0) is 12.1 Å². The Morgan fingerprint density at radius 3 is 2.69 bits per heavy atom. The summed E-state index contributed by atoms with van der Waals surface area (Å²) in [6, 6.07) is 8.22. The van der Waals surface area contributed by atoms with E-state index >= 15 is 0 Å². The SMILES string of the molecule is CN1C=Cc2ccccc2N1.CO[P+](=O)O. The van der Waals surface area contributed by atoms with E-state index in [4.69, 9.17) is 4.89 Å². The van der Waals surface area contributed by atoms with E-state index in [1.54, 1.807) is 0 Å². The first-order chi connectivity index (χ1) is 7.63. The predicted octanol–water partition coefficient (Wildman–Crippen LogP) is 2.21. The van der Waals surface area contributed by atoms with Crippen LogP contribution in [-0.4, -0.2) is 24.1 Å². The second-order valence-corrected chi connectivity index (χ2v) is 3.89. The Morgan fingerprint density at radius 1 is 1.44 bits per heavy atom. The molecule has 0 radical (unpaired) electrons. The number of benzene rings is 1. The lowest BCUT2D eigenvalue weighted by Crippen LogP contribution is -2.21. The molecule has 0 bridgehead atoms. The van der Waals surface area contributed by atoms with Crippen molar-refractivity contribution in [2.24, 2.45) is 0 Å². The van der Waals surface area contributed by atoms with Gasteiger partial charge in [0.1, 0.15) is 0 Å². The van der Waals surface area contributed by atoms with Crippen molar-refractivity contribution in [1.82, 2.24) is 5.01 Å². The van der Waals surface area contributed by atoms with Crippen LogP contribution in [0.3, 0.4) is 0 Å². The summed E-state index contributed by atoms with van der Waals surface area (Å²) in [6.07, 6.45) is 4.09. The van der Waals surface area contributed by atoms with E-state index < -0.39 is 8.25 Å². The van der Waals surface area contributed by atoms with Gasteiger partial charge < -0.3 is 0 Å². The van der Waals surface area contributed by atoms with Gasteiger partial charge in [-0.15, -0.1) is 9.42 Å². The Morgan fingerprint density at radius 2 is 2.06 bits per heavy atom. The van der Waals surface area contributed by atoms with E-state index in [0.717, 1.165) is 5.69 Å². The highest BCUT2D eigenvalue weighted by Crippen LogP contribution is 2.20. The van der Waals surface area contributed by atoms with Crippen molar-refractivity contribution >= 4 is 20.0 Å². The number of nitrogens with one attached hydrogen (secondary N) is 1. The Hall–Kier alpha value is -1.42. The number of nitrogens with zero attached hydrogens (tertiary/aromatic N) is 1. The van der Waals surface area contributed by atoms with Crippen molar-refractivity contribution in [3.05, 3.63) is 36.0 Å². The zero-order valence-corrected chi connectivity index (χ0v) is 10.0. The minimum Gasteiger partial charge on any atom is -0.299 e. The smallest absolute Gasteiger partial charge is 0.299 e. The first-order valence-corrected chi connectivity index (χ1v) is 5.73. The molecule has 0 aromatic heterocycles. The lowest BCUT2D eigenvalue weighted by molar-refractivity contribution is 0.343. The highest BCUT2D eigenvalue weighted by atomic mass is 31.1. The highest BCUT2D eigenvalue weighted by Gasteiger charge is 2.03. The van der Waals surface area contributed by atoms with Crippen LogP contribution < -0.4 is 5.43 Å². The third kappa shape index (κ3) is 3.98. The number of rotatable bonds is 1. The van der Waals surface area contributed by atoms with E-state index in [0.29, 0.717) is 0 Å². The first-order valence-electron chi connectivity index (χ1n) is 4.60. The van der Waals surface area contributed by atoms with E-state index in [2.05, 4.69) is 28.2 Å². The van der Waals surface area contributed by atoms with Gasteiger partial charge in [0.2, 0.25) is 0 Å². The fourth-order valence-electron chi connectivity index (χ4n) is 1.16. The number of fused-ring (bicyclic) bond motifs is 1. The van der Waals surface area contributed by atoms with Gasteiger partial charge in [0.25, 0.3) is 0 Å². The fourth-order valence-corrected chi connectivity index (χ4v) is 1.16. The molecule has 0 amide bonds. The van der Waals surface area contributed by atoms with Crippen molar-refractivity contribution in [3.63, 3.8) is 0 Å². The van der Waals surface area contributed by atoms with E-state index in [-0.39, 0.29) is 0 Å². The maximum Gasteiger partial charge on any atom is 0.694 e. The second-order valence-electron chi connectivity index (χ2n) is 3.05. The number of anilines is 1. The molecule has 5 nitrogen and oxygen atoms in total. The maximum absolute atomic E-state index is 9.29. The van der Waals surface area contributed by atoms with Crippen LogP contribution in [0, 0.1) is 0 Å². The largest absolute Gasteiger partial charge is 0.694 e. The topological polar surface area (TPSA) is 61.8 Å². The summed E-state index contributed by atoms with van der Waals surface area (Å²) in [5, 5.41) is 1.93. The molecule has 1 atom stereocenters. The molecule has 86 valence electrons. The van der Waals surface area contributed by atoms with Gasteiger partial charge in [-0.1, -0.05) is 18.2 Å². The molecule has 6 heteroatoms. The summed E-state index contributed by atoms with van der Waals surface area (Å²) in [5.41, 5.74) is 5.61. The predicted molar refractivity (Wildman–Crippen MR) is 63.7 cm³/mol. The minimum absolute atomic E-state index is 1.16. The number of hydrazine groups is 1. The Kier molecular flexibility index (Phi) is 4.92. The molecule has 0 saturated carbocycles. The summed E-state index contributed by atoms with van der Waals surface area (Å²) >= 11 is 0. The van der Waals surface area contributed by atoms with Gasteiger partial charge in [0, 0.05) is 23.4 Å². The molecule has 1 heterocycles. The molecule has 0 aliphatic carbocycles. The van der Waals surface area contributed by atoms with Crippen LogP contribution >= 0.6 is 8.25 Å². The second kappa shape index (κ2) is 6.23. The van der Waals surface area contributed by atoms with Crippen LogP contribution in [0.2, 0.25) is 0 Å². The Balaban J connectivity index is 0.000000221. The van der Waals surface area contributed by atoms with Crippen molar-refractivity contribution in [2.75, 3.05) is 19.6 Å². The van der Waals surface area contributed by atoms with Crippen molar-refractivity contribution in [2.45, 2.75) is 0 Å². The monoisotopic (exact) mass is 241 g/mol. The third-order valence-electron chi connectivity index (χ3n) is 1.89. The van der Waals surface area contributed by atoms with Crippen LogP contribution in [-0.2, 0) is 9.09 Å². The average Bonchev–Trinajstić information content (AvgIpc) is 2.29. The van der Waals surface area contributed by atoms with Crippen LogP contribution in [0.4, 0.5) is 5.69 Å². The quantitative estimate of drug-likeness (QED) is 0.738. The number of para-hydroxylation sites is 1. The van der Waals surface area contributed by atoms with Gasteiger partial charge in [0.15, 0.2) is 0 Å². The summed E-state index contributed by atoms with van der Waals surface area (Å²) in [4.78, 5) is 7.65. The van der Waals surface area contributed by atoms with Crippen LogP contribution in [0.1, 0.15) is 5.56 Å². The normalized spacial score (nSPS) is 13.2. The maximum atomic E-state index is 9.29. The molecule has 2 N–H and O–H groups in total. The van der Waals surface area contributed by atoms with Crippen LogP contribution in [0.5, 0.6) is 0 Å². The lowest BCUT2D eigenvalue weighted by Gasteiger charge is -2.22. The van der Waals surface area contributed by atoms with Crippen LogP contribution in [0.25, 0.3) is 6.08 Å². The van der Waals surface area contributed by atoms with Gasteiger partial charge in [-0.2, -0.15) is 0 Å². The molecule has 1 aromatic carbocycles. The van der Waals surface area contributed by atoms with E-state index in [1.165, 1.54) is 12.7 Å². The summed E-state index contributed by atoms with van der Waals surface area (Å²) in [7, 11) is 0.796. The minimum atomic E-state index is -2.35. The number of hydrogen-bond donors (Lipinski definition) is 2. The van der Waals surface area contributed by atoms with Gasteiger partial charge >= 0.3 is 8.25 Å². The highest BCUT2D eigenvalue weighted by molar-refractivity contribution is 7.32. The average molecular weight is 241 g/mol. The first kappa shape index (κ1) is 12.6. The summed E-state index contributed by atoms with van der Waals surface area (Å²) in [5.74, 6) is 0. The molecular weight excluding hydrogens is 227 g/mol. The van der Waals surface area contributed by atoms with Crippen molar-refractivity contribution in [3.8, 4) is 0 Å². The molecule has 1 aliphatic rings. The lowest BCUT2D eigenvalue weighted by atomic mass is 10.1. The molecular formula is C10H14N2O3P+. The zero-order chi connectivity index (χ0) is 12.0. The van der Waals surface area contributed by atoms with E-state index in [1.807, 2.05) is 30.4 Å². The molecule has 1 aliphatic heterocycles. The summed E-state index contributed by atoms with van der Waals surface area (Å²) in [6.45, 7) is 0. The molecule has 2 rings (SSSR count). The Bertz CT molecular complexity index is 395. The Labute approximate surface area is 95.3 Å². The molecule has 0 saturated heterocycles. The van der Waals surface area contributed by atoms with Crippen molar-refractivity contribution in [1.29, 1.82) is 0 Å². The zero-order valence-electron chi connectivity index (χ0n) is 9.12. The van der Waals surface area contributed by atoms with Gasteiger partial charge in [-0.25, -0.2) is 0 Å². The fraction of sp³-hybridized carbons (Fsp3) is 0.200. The number of hydrogen-bond acceptors (Lipinski definition) is 4. The standard InChI is InChI=1S/C9H10N2.CH3O3P/c1-11-7-6-8-4-2-3-5-9(8)10-11;1-4-5(2)3/h2-7,10H,1H3;1H3/p+1.